The van der Waals surface area contributed by atoms with E-state index in [2.05, 4.69) is 14.8 Å². The molecule has 2 aliphatic heterocycles. The van der Waals surface area contributed by atoms with Crippen LogP contribution in [0.2, 0.25) is 0 Å². The Kier molecular flexibility index (Phi) is 4.40. The van der Waals surface area contributed by atoms with Crippen molar-refractivity contribution in [3.8, 4) is 11.5 Å². The summed E-state index contributed by atoms with van der Waals surface area (Å²) in [6, 6.07) is 8.45. The number of alkyl halides is 2. The molecular weight excluding hydrogens is 389 g/mol. The Morgan fingerprint density at radius 2 is 1.93 bits per heavy atom. The van der Waals surface area contributed by atoms with Crippen LogP contribution in [-0.2, 0) is 9.59 Å². The Morgan fingerprint density at radius 1 is 1.21 bits per heavy atom. The summed E-state index contributed by atoms with van der Waals surface area (Å²) < 4.78 is 49.2. The number of carbonyl (C=O) groups is 2. The molecule has 0 aromatic heterocycles. The maximum absolute atomic E-state index is 13.8. The molecule has 4 rings (SSSR count). The Hall–Kier alpha value is -3.23. The average Bonchev–Trinajstić information content (AvgIpc) is 3.12. The minimum atomic E-state index is -3.76. The molecule has 29 heavy (non-hydrogen) atoms. The monoisotopic (exact) mass is 406 g/mol. The van der Waals surface area contributed by atoms with Gasteiger partial charge in [0.2, 0.25) is 11.8 Å². The minimum absolute atomic E-state index is 0.118. The second kappa shape index (κ2) is 6.68. The van der Waals surface area contributed by atoms with E-state index in [0.717, 1.165) is 0 Å². The van der Waals surface area contributed by atoms with Crippen molar-refractivity contribution in [2.75, 3.05) is 18.9 Å². The van der Waals surface area contributed by atoms with Gasteiger partial charge in [-0.05, 0) is 36.8 Å². The van der Waals surface area contributed by atoms with Crippen LogP contribution in [0, 0.1) is 18.7 Å². The minimum Gasteiger partial charge on any atom is -0.395 e. The van der Waals surface area contributed by atoms with Crippen molar-refractivity contribution in [1.82, 2.24) is 4.90 Å². The van der Waals surface area contributed by atoms with E-state index in [9.17, 15) is 22.8 Å². The first-order valence-corrected chi connectivity index (χ1v) is 8.87. The van der Waals surface area contributed by atoms with Gasteiger partial charge in [0.05, 0.1) is 0 Å². The van der Waals surface area contributed by atoms with E-state index in [-0.39, 0.29) is 29.3 Å². The maximum atomic E-state index is 13.8. The van der Waals surface area contributed by atoms with Crippen molar-refractivity contribution in [2.24, 2.45) is 5.92 Å². The number of fused-ring (bicyclic) bond motifs is 1. The topological polar surface area (TPSA) is 67.9 Å². The number of amides is 2. The smallest absolute Gasteiger partial charge is 0.395 e. The summed E-state index contributed by atoms with van der Waals surface area (Å²) in [6.07, 6.45) is -3.76. The zero-order chi connectivity index (χ0) is 20.9. The molecule has 0 saturated carbocycles. The van der Waals surface area contributed by atoms with Gasteiger partial charge >= 0.3 is 6.29 Å². The highest BCUT2D eigenvalue weighted by Crippen LogP contribution is 2.44. The van der Waals surface area contributed by atoms with Crippen LogP contribution in [0.1, 0.15) is 17.0 Å². The van der Waals surface area contributed by atoms with E-state index in [1.54, 1.807) is 7.05 Å². The molecule has 2 aromatic carbocycles. The van der Waals surface area contributed by atoms with Crippen LogP contribution in [0.15, 0.2) is 36.4 Å². The molecule has 1 N–H and O–H groups in total. The van der Waals surface area contributed by atoms with Gasteiger partial charge in [0.15, 0.2) is 11.5 Å². The fourth-order valence-corrected chi connectivity index (χ4v) is 3.64. The number of nitrogens with zero attached hydrogens (tertiary/aromatic N) is 1. The van der Waals surface area contributed by atoms with E-state index < -0.39 is 35.8 Å². The molecule has 1 saturated heterocycles. The van der Waals surface area contributed by atoms with E-state index in [4.69, 9.17) is 0 Å². The van der Waals surface area contributed by atoms with E-state index >= 15 is 0 Å². The molecule has 1 fully saturated rings. The molecule has 9 heteroatoms. The van der Waals surface area contributed by atoms with Crippen molar-refractivity contribution in [3.05, 3.63) is 53.3 Å². The molecule has 0 bridgehead atoms. The lowest BCUT2D eigenvalue weighted by atomic mass is 9.87. The highest BCUT2D eigenvalue weighted by Gasteiger charge is 2.47. The number of carbonyl (C=O) groups excluding carboxylic acids is 2. The number of anilines is 1. The predicted molar refractivity (Wildman–Crippen MR) is 96.3 cm³/mol. The molecule has 0 spiro atoms. The second-order valence-electron chi connectivity index (χ2n) is 7.08. The Bertz CT molecular complexity index is 1010. The third kappa shape index (κ3) is 3.37. The van der Waals surface area contributed by atoms with Gasteiger partial charge in [0, 0.05) is 30.8 Å². The summed E-state index contributed by atoms with van der Waals surface area (Å²) in [6.45, 7) is 1.73. The predicted octanol–water partition coefficient (Wildman–Crippen LogP) is 3.27. The molecule has 2 heterocycles. The van der Waals surface area contributed by atoms with Gasteiger partial charge < -0.3 is 19.7 Å². The Balaban J connectivity index is 1.63. The zero-order valence-electron chi connectivity index (χ0n) is 15.5. The Morgan fingerprint density at radius 3 is 2.69 bits per heavy atom. The first kappa shape index (κ1) is 19.1. The molecule has 2 aliphatic rings. The molecule has 0 unspecified atom stereocenters. The van der Waals surface area contributed by atoms with Crippen LogP contribution >= 0.6 is 0 Å². The van der Waals surface area contributed by atoms with Crippen LogP contribution in [0.3, 0.4) is 0 Å². The highest BCUT2D eigenvalue weighted by atomic mass is 19.3. The number of hydrogen-bond donors (Lipinski definition) is 1. The molecule has 0 radical (unpaired) electrons. The lowest BCUT2D eigenvalue weighted by Gasteiger charge is -2.18. The molecule has 2 amide bonds. The normalized spacial score (nSPS) is 22.1. The van der Waals surface area contributed by atoms with E-state index in [0.29, 0.717) is 5.56 Å². The van der Waals surface area contributed by atoms with E-state index in [1.807, 2.05) is 0 Å². The summed E-state index contributed by atoms with van der Waals surface area (Å²) >= 11 is 0. The molecule has 2 atom stereocenters. The van der Waals surface area contributed by atoms with Crippen LogP contribution in [0.4, 0.5) is 18.9 Å². The highest BCUT2D eigenvalue weighted by molar-refractivity contribution is 6.08. The third-order valence-corrected chi connectivity index (χ3v) is 5.18. The van der Waals surface area contributed by atoms with Crippen molar-refractivity contribution >= 4 is 17.5 Å². The van der Waals surface area contributed by atoms with Crippen molar-refractivity contribution < 1.29 is 32.2 Å². The van der Waals surface area contributed by atoms with Gasteiger partial charge in [-0.1, -0.05) is 12.1 Å². The first-order valence-electron chi connectivity index (χ1n) is 8.87. The standard InChI is InChI=1S/C20H17F3N2O4/c1-10-13(21)4-3-5-14(10)24-18(26)17-12(9-25(2)19(17)27)11-6-7-15-16(8-11)29-20(22,23)28-15/h3-8,12,17H,9H2,1-2H3,(H,24,26)/t12-,17+/m1/s1. The summed E-state index contributed by atoms with van der Waals surface area (Å²) in [5.74, 6) is -3.45. The van der Waals surface area contributed by atoms with Crippen LogP contribution < -0.4 is 14.8 Å². The summed E-state index contributed by atoms with van der Waals surface area (Å²) in [5, 5.41) is 2.61. The van der Waals surface area contributed by atoms with Gasteiger partial charge in [-0.15, -0.1) is 8.78 Å². The van der Waals surface area contributed by atoms with E-state index in [1.165, 1.54) is 48.2 Å². The third-order valence-electron chi connectivity index (χ3n) is 5.18. The van der Waals surface area contributed by atoms with Crippen LogP contribution in [0.25, 0.3) is 0 Å². The number of likely N-dealkylation sites (tertiary alicyclic amines) is 1. The lowest BCUT2D eigenvalue weighted by molar-refractivity contribution is -0.286. The molecule has 152 valence electrons. The van der Waals surface area contributed by atoms with Gasteiger partial charge in [0.1, 0.15) is 11.7 Å². The number of benzene rings is 2. The zero-order valence-corrected chi connectivity index (χ0v) is 15.5. The second-order valence-corrected chi connectivity index (χ2v) is 7.08. The summed E-state index contributed by atoms with van der Waals surface area (Å²) in [4.78, 5) is 26.9. The number of hydrogen-bond acceptors (Lipinski definition) is 4. The molecule has 0 aliphatic carbocycles. The summed E-state index contributed by atoms with van der Waals surface area (Å²) in [7, 11) is 1.55. The van der Waals surface area contributed by atoms with Crippen molar-refractivity contribution in [3.63, 3.8) is 0 Å². The van der Waals surface area contributed by atoms with Crippen LogP contribution in [-0.4, -0.2) is 36.6 Å². The lowest BCUT2D eigenvalue weighted by Crippen LogP contribution is -2.33. The fourth-order valence-electron chi connectivity index (χ4n) is 3.64. The van der Waals surface area contributed by atoms with Crippen LogP contribution in [0.5, 0.6) is 11.5 Å². The summed E-state index contributed by atoms with van der Waals surface area (Å²) in [5.41, 5.74) is 1.00. The number of ether oxygens (including phenoxy) is 2. The average molecular weight is 406 g/mol. The fraction of sp³-hybridized carbons (Fsp3) is 0.300. The van der Waals surface area contributed by atoms with Crippen molar-refractivity contribution in [1.29, 1.82) is 0 Å². The molecular formula is C20H17F3N2O4. The van der Waals surface area contributed by atoms with Gasteiger partial charge in [-0.25, -0.2) is 4.39 Å². The van der Waals surface area contributed by atoms with Crippen molar-refractivity contribution in [2.45, 2.75) is 19.1 Å². The number of nitrogens with one attached hydrogen (secondary N) is 1. The largest absolute Gasteiger partial charge is 0.586 e. The van der Waals surface area contributed by atoms with Gasteiger partial charge in [0.25, 0.3) is 0 Å². The Labute approximate surface area is 164 Å². The van der Waals surface area contributed by atoms with Gasteiger partial charge in [-0.3, -0.25) is 9.59 Å². The number of halogens is 3. The maximum Gasteiger partial charge on any atom is 0.586 e. The quantitative estimate of drug-likeness (QED) is 0.795. The SMILES string of the molecule is Cc1c(F)cccc1NC(=O)[C@H]1C(=O)N(C)C[C@@H]1c1ccc2c(c1)OC(F)(F)O2. The molecule has 2 aromatic rings. The number of likely N-dealkylation sites (N-methyl/N-ethyl adjacent to an activating group) is 1. The number of rotatable bonds is 3. The van der Waals surface area contributed by atoms with Gasteiger partial charge in [-0.2, -0.15) is 0 Å². The first-order chi connectivity index (χ1) is 13.7. The molecule has 6 nitrogen and oxygen atoms in total.